The van der Waals surface area contributed by atoms with Gasteiger partial charge in [-0.3, -0.25) is 0 Å². The van der Waals surface area contributed by atoms with E-state index < -0.39 is 29.3 Å². The van der Waals surface area contributed by atoms with Gasteiger partial charge in [0.25, 0.3) is 0 Å². The van der Waals surface area contributed by atoms with Crippen LogP contribution < -0.4 is 14.9 Å². The molecule has 26 heavy (non-hydrogen) atoms. The first-order chi connectivity index (χ1) is 12.2. The SMILES string of the molecule is CS(=O)Nc1ccc(Oc2ccccc2)c(B2OC(C)(C)C(C)(C)O2)c1. The summed E-state index contributed by atoms with van der Waals surface area (Å²) in [6.07, 6.45) is 1.59. The van der Waals surface area contributed by atoms with Gasteiger partial charge in [-0.2, -0.15) is 0 Å². The van der Waals surface area contributed by atoms with E-state index >= 15 is 0 Å². The van der Waals surface area contributed by atoms with Crippen LogP contribution in [-0.2, 0) is 20.3 Å². The molecule has 1 heterocycles. The molecule has 1 N–H and O–H groups in total. The van der Waals surface area contributed by atoms with Crippen LogP contribution in [0.4, 0.5) is 5.69 Å². The highest BCUT2D eigenvalue weighted by molar-refractivity contribution is 7.85. The van der Waals surface area contributed by atoms with Crippen LogP contribution >= 0.6 is 0 Å². The number of benzene rings is 2. The molecule has 138 valence electrons. The van der Waals surface area contributed by atoms with Gasteiger partial charge in [0.15, 0.2) is 0 Å². The van der Waals surface area contributed by atoms with Crippen molar-refractivity contribution in [3.63, 3.8) is 0 Å². The number of rotatable bonds is 5. The molecule has 2 aromatic carbocycles. The van der Waals surface area contributed by atoms with E-state index in [0.29, 0.717) is 5.75 Å². The molecule has 0 spiro atoms. The van der Waals surface area contributed by atoms with Gasteiger partial charge in [0.1, 0.15) is 22.5 Å². The van der Waals surface area contributed by atoms with Crippen molar-refractivity contribution in [3.8, 4) is 11.5 Å². The van der Waals surface area contributed by atoms with Crippen molar-refractivity contribution >= 4 is 29.3 Å². The predicted octanol–water partition coefficient (Wildman–Crippen LogP) is 3.48. The van der Waals surface area contributed by atoms with Gasteiger partial charge in [0.2, 0.25) is 0 Å². The standard InChI is InChI=1S/C19H24BNO4S/c1-18(2)19(3,4)25-20(24-18)16-13-14(21-26(5)22)11-12-17(16)23-15-9-7-6-8-10-15/h6-13,21H,1-5H3. The third-order valence-electron chi connectivity index (χ3n) is 4.75. The number of ether oxygens (including phenoxy) is 1. The van der Waals surface area contributed by atoms with Crippen molar-refractivity contribution in [2.45, 2.75) is 38.9 Å². The maximum atomic E-state index is 11.5. The van der Waals surface area contributed by atoms with Crippen molar-refractivity contribution in [2.24, 2.45) is 0 Å². The van der Waals surface area contributed by atoms with Crippen LogP contribution in [0.1, 0.15) is 27.7 Å². The highest BCUT2D eigenvalue weighted by Crippen LogP contribution is 2.37. The molecular weight excluding hydrogens is 349 g/mol. The molecule has 0 amide bonds. The second-order valence-corrected chi connectivity index (χ2v) is 8.42. The largest absolute Gasteiger partial charge is 0.498 e. The minimum atomic E-state index is -1.17. The van der Waals surface area contributed by atoms with Gasteiger partial charge in [-0.25, -0.2) is 4.21 Å². The minimum Gasteiger partial charge on any atom is -0.458 e. The normalized spacial score (nSPS) is 19.2. The van der Waals surface area contributed by atoms with Crippen LogP contribution in [0.25, 0.3) is 0 Å². The van der Waals surface area contributed by atoms with Gasteiger partial charge in [-0.05, 0) is 58.0 Å². The van der Waals surface area contributed by atoms with Crippen molar-refractivity contribution < 1.29 is 18.3 Å². The van der Waals surface area contributed by atoms with Gasteiger partial charge < -0.3 is 18.8 Å². The molecule has 1 saturated heterocycles. The second kappa shape index (κ2) is 7.06. The van der Waals surface area contributed by atoms with Gasteiger partial charge in [0.05, 0.1) is 11.2 Å². The first-order valence-electron chi connectivity index (χ1n) is 8.50. The maximum Gasteiger partial charge on any atom is 0.498 e. The van der Waals surface area contributed by atoms with Crippen LogP contribution in [-0.4, -0.2) is 28.8 Å². The summed E-state index contributed by atoms with van der Waals surface area (Å²) in [4.78, 5) is 0. The minimum absolute atomic E-state index is 0.460. The smallest absolute Gasteiger partial charge is 0.458 e. The summed E-state index contributed by atoms with van der Waals surface area (Å²) < 4.78 is 32.9. The maximum absolute atomic E-state index is 11.5. The van der Waals surface area contributed by atoms with Crippen LogP contribution in [0.3, 0.4) is 0 Å². The Bertz CT molecular complexity index is 794. The molecule has 1 fully saturated rings. The zero-order chi connectivity index (χ0) is 18.9. The lowest BCUT2D eigenvalue weighted by molar-refractivity contribution is 0.00578. The van der Waals surface area contributed by atoms with E-state index in [2.05, 4.69) is 4.72 Å². The molecule has 1 aliphatic heterocycles. The number of hydrogen-bond acceptors (Lipinski definition) is 4. The lowest BCUT2D eigenvalue weighted by Gasteiger charge is -2.32. The molecule has 0 aromatic heterocycles. The average molecular weight is 373 g/mol. The summed E-state index contributed by atoms with van der Waals surface area (Å²) >= 11 is 0. The molecular formula is C19H24BNO4S. The van der Waals surface area contributed by atoms with E-state index in [-0.39, 0.29) is 0 Å². The monoisotopic (exact) mass is 373 g/mol. The molecule has 1 unspecified atom stereocenters. The third kappa shape index (κ3) is 3.95. The molecule has 7 heteroatoms. The van der Waals surface area contributed by atoms with Crippen molar-refractivity contribution in [2.75, 3.05) is 11.0 Å². The quantitative estimate of drug-likeness (QED) is 0.816. The first-order valence-corrected chi connectivity index (χ1v) is 10.1. The molecule has 1 aliphatic rings. The van der Waals surface area contributed by atoms with Gasteiger partial charge in [-0.15, -0.1) is 0 Å². The van der Waals surface area contributed by atoms with Gasteiger partial charge in [-0.1, -0.05) is 18.2 Å². The van der Waals surface area contributed by atoms with E-state index in [4.69, 9.17) is 14.0 Å². The highest BCUT2D eigenvalue weighted by atomic mass is 32.2. The summed E-state index contributed by atoms with van der Waals surface area (Å²) in [5, 5.41) is 0. The molecule has 0 saturated carbocycles. The molecule has 0 bridgehead atoms. The zero-order valence-corrected chi connectivity index (χ0v) is 16.6. The Labute approximate surface area is 157 Å². The Hall–Kier alpha value is -1.83. The van der Waals surface area contributed by atoms with Gasteiger partial charge >= 0.3 is 7.12 Å². The first kappa shape index (κ1) is 19.0. The average Bonchev–Trinajstić information content (AvgIpc) is 2.77. The molecule has 5 nitrogen and oxygen atoms in total. The van der Waals surface area contributed by atoms with Crippen molar-refractivity contribution in [1.29, 1.82) is 0 Å². The van der Waals surface area contributed by atoms with E-state index in [0.717, 1.165) is 16.9 Å². The molecule has 2 aromatic rings. The Kier molecular flexibility index (Phi) is 5.15. The van der Waals surface area contributed by atoms with E-state index in [9.17, 15) is 4.21 Å². The van der Waals surface area contributed by atoms with Crippen molar-refractivity contribution in [3.05, 3.63) is 48.5 Å². The van der Waals surface area contributed by atoms with Crippen molar-refractivity contribution in [1.82, 2.24) is 0 Å². The Morgan fingerprint density at radius 2 is 1.62 bits per heavy atom. The number of nitrogens with one attached hydrogen (secondary N) is 1. The summed E-state index contributed by atoms with van der Waals surface area (Å²) in [6.45, 7) is 8.03. The fourth-order valence-electron chi connectivity index (χ4n) is 2.64. The summed E-state index contributed by atoms with van der Waals surface area (Å²) in [6, 6.07) is 15.1. The Morgan fingerprint density at radius 3 is 2.19 bits per heavy atom. The fraction of sp³-hybridized carbons (Fsp3) is 0.368. The Balaban J connectivity index is 1.98. The lowest BCUT2D eigenvalue weighted by Crippen LogP contribution is -2.41. The Morgan fingerprint density at radius 1 is 1.00 bits per heavy atom. The van der Waals surface area contributed by atoms with Crippen LogP contribution in [0.5, 0.6) is 11.5 Å². The van der Waals surface area contributed by atoms with Gasteiger partial charge in [0, 0.05) is 17.4 Å². The molecule has 3 rings (SSSR count). The zero-order valence-electron chi connectivity index (χ0n) is 15.7. The third-order valence-corrected chi connectivity index (χ3v) is 5.27. The van der Waals surface area contributed by atoms with Crippen LogP contribution in [0.2, 0.25) is 0 Å². The van der Waals surface area contributed by atoms with E-state index in [1.54, 1.807) is 6.26 Å². The van der Waals surface area contributed by atoms with E-state index in [1.807, 2.05) is 76.2 Å². The number of anilines is 1. The number of para-hydroxylation sites is 1. The second-order valence-electron chi connectivity index (χ2n) is 7.31. The molecule has 0 aliphatic carbocycles. The fourth-order valence-corrected chi connectivity index (χ4v) is 3.10. The molecule has 0 radical (unpaired) electrons. The summed E-state index contributed by atoms with van der Waals surface area (Å²) in [5.41, 5.74) is 0.552. The van der Waals surface area contributed by atoms with Crippen LogP contribution in [0, 0.1) is 0 Å². The molecule has 1 atom stereocenters. The number of hydrogen-bond donors (Lipinski definition) is 1. The summed E-state index contributed by atoms with van der Waals surface area (Å²) in [7, 11) is -1.75. The lowest BCUT2D eigenvalue weighted by atomic mass is 9.78. The topological polar surface area (TPSA) is 56.8 Å². The van der Waals surface area contributed by atoms with E-state index in [1.165, 1.54) is 0 Å². The predicted molar refractivity (Wildman–Crippen MR) is 106 cm³/mol. The summed E-state index contributed by atoms with van der Waals surface area (Å²) in [5.74, 6) is 1.37. The highest BCUT2D eigenvalue weighted by Gasteiger charge is 2.52. The van der Waals surface area contributed by atoms with Crippen LogP contribution in [0.15, 0.2) is 48.5 Å².